The second-order valence-corrected chi connectivity index (χ2v) is 7.42. The van der Waals surface area contributed by atoms with Crippen LogP contribution in [0.2, 0.25) is 0 Å². The highest BCUT2D eigenvalue weighted by Gasteiger charge is 2.19. The van der Waals surface area contributed by atoms with Gasteiger partial charge < -0.3 is 10.2 Å². The van der Waals surface area contributed by atoms with Crippen molar-refractivity contribution >= 4 is 27.3 Å². The molecule has 1 aromatic carbocycles. The van der Waals surface area contributed by atoms with Gasteiger partial charge in [-0.3, -0.25) is 4.79 Å². The van der Waals surface area contributed by atoms with Crippen LogP contribution in [0.25, 0.3) is 0 Å². The average molecular weight is 327 g/mol. The van der Waals surface area contributed by atoms with E-state index in [9.17, 15) is 13.2 Å². The summed E-state index contributed by atoms with van der Waals surface area (Å²) in [5.74, 6) is -0.334. The molecule has 0 saturated carbocycles. The summed E-state index contributed by atoms with van der Waals surface area (Å²) in [7, 11) is 0.495. The van der Waals surface area contributed by atoms with E-state index < -0.39 is 10.0 Å². The zero-order valence-electron chi connectivity index (χ0n) is 13.7. The topological polar surface area (TPSA) is 69.7 Å². The highest BCUT2D eigenvalue weighted by molar-refractivity contribution is 7.88. The molecule has 0 saturated heterocycles. The third-order valence-corrected chi connectivity index (χ3v) is 4.47. The van der Waals surface area contributed by atoms with Crippen LogP contribution in [0.4, 0.5) is 11.4 Å². The number of sulfonamides is 1. The summed E-state index contributed by atoms with van der Waals surface area (Å²) in [4.78, 5) is 14.0. The van der Waals surface area contributed by atoms with E-state index in [1.54, 1.807) is 12.1 Å². The van der Waals surface area contributed by atoms with E-state index in [2.05, 4.69) is 5.32 Å². The van der Waals surface area contributed by atoms with Crippen LogP contribution in [0.3, 0.4) is 0 Å². The number of amides is 1. The fourth-order valence-electron chi connectivity index (χ4n) is 1.90. The summed E-state index contributed by atoms with van der Waals surface area (Å²) < 4.78 is 24.6. The van der Waals surface area contributed by atoms with E-state index in [-0.39, 0.29) is 12.5 Å². The maximum atomic E-state index is 12.0. The number of hydrogen-bond acceptors (Lipinski definition) is 4. The van der Waals surface area contributed by atoms with Gasteiger partial charge in [0.25, 0.3) is 0 Å². The van der Waals surface area contributed by atoms with Crippen LogP contribution >= 0.6 is 0 Å². The largest absolute Gasteiger partial charge is 0.378 e. The summed E-state index contributed by atoms with van der Waals surface area (Å²) in [6, 6.07) is 7.37. The van der Waals surface area contributed by atoms with Gasteiger partial charge in [0.2, 0.25) is 15.9 Å². The number of carbonyl (C=O) groups is 1. The molecule has 22 heavy (non-hydrogen) atoms. The van der Waals surface area contributed by atoms with Crippen LogP contribution < -0.4 is 10.2 Å². The molecular weight excluding hydrogens is 302 g/mol. The number of unbranched alkanes of at least 4 members (excludes halogenated alkanes) is 1. The Morgan fingerprint density at radius 3 is 2.23 bits per heavy atom. The van der Waals surface area contributed by atoms with Crippen LogP contribution in [0.5, 0.6) is 0 Å². The second-order valence-electron chi connectivity index (χ2n) is 5.44. The first-order valence-electron chi connectivity index (χ1n) is 7.26. The summed E-state index contributed by atoms with van der Waals surface area (Å²) in [6.45, 7) is 2.18. The number of anilines is 2. The van der Waals surface area contributed by atoms with E-state index >= 15 is 0 Å². The number of nitrogens with zero attached hydrogens (tertiary/aromatic N) is 2. The third-order valence-electron chi connectivity index (χ3n) is 3.22. The van der Waals surface area contributed by atoms with Crippen LogP contribution in [0, 0.1) is 0 Å². The third kappa shape index (κ3) is 6.03. The summed E-state index contributed by atoms with van der Waals surface area (Å²) >= 11 is 0. The molecule has 124 valence electrons. The van der Waals surface area contributed by atoms with Gasteiger partial charge in [0.1, 0.15) is 0 Å². The van der Waals surface area contributed by atoms with Gasteiger partial charge >= 0.3 is 0 Å². The van der Waals surface area contributed by atoms with Crippen molar-refractivity contribution in [3.8, 4) is 0 Å². The van der Waals surface area contributed by atoms with Crippen molar-refractivity contribution in [1.29, 1.82) is 0 Å². The molecule has 6 nitrogen and oxygen atoms in total. The lowest BCUT2D eigenvalue weighted by atomic mass is 10.2. The molecule has 1 rings (SSSR count). The number of nitrogens with one attached hydrogen (secondary N) is 1. The molecule has 0 aromatic heterocycles. The van der Waals surface area contributed by atoms with Crippen molar-refractivity contribution < 1.29 is 13.2 Å². The van der Waals surface area contributed by atoms with Crippen molar-refractivity contribution in [3.63, 3.8) is 0 Å². The normalized spacial score (nSPS) is 11.5. The van der Waals surface area contributed by atoms with Gasteiger partial charge in [-0.05, 0) is 30.7 Å². The molecule has 0 aliphatic carbocycles. The van der Waals surface area contributed by atoms with Gasteiger partial charge in [0.15, 0.2) is 0 Å². The molecule has 0 spiro atoms. The number of hydrogen-bond donors (Lipinski definition) is 1. The van der Waals surface area contributed by atoms with Crippen LogP contribution in [0.15, 0.2) is 24.3 Å². The van der Waals surface area contributed by atoms with Crippen molar-refractivity contribution in [1.82, 2.24) is 4.31 Å². The average Bonchev–Trinajstić information content (AvgIpc) is 2.42. The molecule has 0 atom stereocenters. The Bertz CT molecular complexity index is 583. The molecule has 0 unspecified atom stereocenters. The van der Waals surface area contributed by atoms with Gasteiger partial charge in [-0.25, -0.2) is 8.42 Å². The second kappa shape index (κ2) is 8.14. The highest BCUT2D eigenvalue weighted by atomic mass is 32.2. The SMILES string of the molecule is CCCCN(CC(=O)Nc1ccc(N(C)C)cc1)S(C)(=O)=O. The Kier molecular flexibility index (Phi) is 6.83. The lowest BCUT2D eigenvalue weighted by Crippen LogP contribution is -2.38. The van der Waals surface area contributed by atoms with Gasteiger partial charge in [-0.2, -0.15) is 4.31 Å². The fraction of sp³-hybridized carbons (Fsp3) is 0.533. The Hall–Kier alpha value is -1.60. The summed E-state index contributed by atoms with van der Waals surface area (Å²) in [6.07, 6.45) is 2.74. The van der Waals surface area contributed by atoms with Crippen molar-refractivity contribution in [3.05, 3.63) is 24.3 Å². The minimum atomic E-state index is -3.38. The van der Waals surface area contributed by atoms with Crippen molar-refractivity contribution in [2.45, 2.75) is 19.8 Å². The molecule has 0 radical (unpaired) electrons. The van der Waals surface area contributed by atoms with Gasteiger partial charge in [0, 0.05) is 32.0 Å². The molecule has 7 heteroatoms. The molecule has 0 heterocycles. The first-order valence-corrected chi connectivity index (χ1v) is 9.11. The van der Waals surface area contributed by atoms with Crippen molar-refractivity contribution in [2.75, 3.05) is 43.7 Å². The molecular formula is C15H25N3O3S. The van der Waals surface area contributed by atoms with Gasteiger partial charge in [-0.1, -0.05) is 13.3 Å². The van der Waals surface area contributed by atoms with E-state index in [0.717, 1.165) is 24.8 Å². The van der Waals surface area contributed by atoms with E-state index in [4.69, 9.17) is 0 Å². The molecule has 0 bridgehead atoms. The zero-order chi connectivity index (χ0) is 16.8. The Labute approximate surface area is 133 Å². The first kappa shape index (κ1) is 18.4. The maximum absolute atomic E-state index is 12.0. The smallest absolute Gasteiger partial charge is 0.239 e. The summed E-state index contributed by atoms with van der Waals surface area (Å²) in [5, 5.41) is 2.72. The molecule has 1 amide bonds. The van der Waals surface area contributed by atoms with Gasteiger partial charge in [0.05, 0.1) is 12.8 Å². The van der Waals surface area contributed by atoms with E-state index in [1.165, 1.54) is 4.31 Å². The number of rotatable bonds is 8. The lowest BCUT2D eigenvalue weighted by Gasteiger charge is -2.19. The maximum Gasteiger partial charge on any atom is 0.239 e. The summed E-state index contributed by atoms with van der Waals surface area (Å²) in [5.41, 5.74) is 1.68. The molecule has 0 aliphatic rings. The number of carbonyl (C=O) groups excluding carboxylic acids is 1. The Morgan fingerprint density at radius 1 is 1.18 bits per heavy atom. The molecule has 0 fully saturated rings. The predicted molar refractivity (Wildman–Crippen MR) is 90.7 cm³/mol. The van der Waals surface area contributed by atoms with E-state index in [0.29, 0.717) is 12.2 Å². The minimum Gasteiger partial charge on any atom is -0.378 e. The monoisotopic (exact) mass is 327 g/mol. The molecule has 1 N–H and O–H groups in total. The highest BCUT2D eigenvalue weighted by Crippen LogP contribution is 2.15. The van der Waals surface area contributed by atoms with Crippen LogP contribution in [-0.4, -0.2) is 52.1 Å². The van der Waals surface area contributed by atoms with Crippen molar-refractivity contribution in [2.24, 2.45) is 0 Å². The lowest BCUT2D eigenvalue weighted by molar-refractivity contribution is -0.116. The first-order chi connectivity index (χ1) is 10.2. The molecule has 0 aliphatic heterocycles. The van der Waals surface area contributed by atoms with Gasteiger partial charge in [-0.15, -0.1) is 0 Å². The number of benzene rings is 1. The van der Waals surface area contributed by atoms with Crippen LogP contribution in [0.1, 0.15) is 19.8 Å². The Balaban J connectivity index is 2.67. The zero-order valence-corrected chi connectivity index (χ0v) is 14.5. The quantitative estimate of drug-likeness (QED) is 0.790. The Morgan fingerprint density at radius 2 is 1.77 bits per heavy atom. The predicted octanol–water partition coefficient (Wildman–Crippen LogP) is 1.75. The van der Waals surface area contributed by atoms with E-state index in [1.807, 2.05) is 38.1 Å². The molecule has 1 aromatic rings. The minimum absolute atomic E-state index is 0.158. The van der Waals surface area contributed by atoms with Crippen LogP contribution in [-0.2, 0) is 14.8 Å². The fourth-order valence-corrected chi connectivity index (χ4v) is 2.71. The standard InChI is InChI=1S/C15H25N3O3S/c1-5-6-11-18(22(4,20)21)12-15(19)16-13-7-9-14(10-8-13)17(2)3/h7-10H,5-6,11-12H2,1-4H3,(H,16,19).